The van der Waals surface area contributed by atoms with Crippen LogP contribution in [0.15, 0.2) is 24.3 Å². The van der Waals surface area contributed by atoms with Crippen molar-refractivity contribution in [3.05, 3.63) is 29.8 Å². The standard InChI is InChI=1S/C18H24N2O3/c1-17(2,3)23-16(22)20-11-7-10-18(12-20)13-8-5-6-9-14(13)19(4)15(18)21/h5-6,8-9H,7,10-12H2,1-4H3. The Labute approximate surface area is 137 Å². The zero-order chi connectivity index (χ0) is 16.8. The monoisotopic (exact) mass is 316 g/mol. The van der Waals surface area contributed by atoms with Crippen molar-refractivity contribution in [2.24, 2.45) is 0 Å². The summed E-state index contributed by atoms with van der Waals surface area (Å²) in [7, 11) is 1.81. The van der Waals surface area contributed by atoms with Gasteiger partial charge in [0.25, 0.3) is 0 Å². The molecule has 5 heteroatoms. The maximum Gasteiger partial charge on any atom is 0.410 e. The van der Waals surface area contributed by atoms with Crippen LogP contribution in [0.3, 0.4) is 0 Å². The molecule has 0 saturated carbocycles. The van der Waals surface area contributed by atoms with E-state index in [0.29, 0.717) is 13.1 Å². The van der Waals surface area contributed by atoms with Gasteiger partial charge in [-0.15, -0.1) is 0 Å². The summed E-state index contributed by atoms with van der Waals surface area (Å²) >= 11 is 0. The van der Waals surface area contributed by atoms with E-state index in [-0.39, 0.29) is 12.0 Å². The normalized spacial score (nSPS) is 24.1. The minimum Gasteiger partial charge on any atom is -0.444 e. The molecule has 2 aliphatic rings. The van der Waals surface area contributed by atoms with E-state index in [2.05, 4.69) is 0 Å². The van der Waals surface area contributed by atoms with Gasteiger partial charge in [-0.2, -0.15) is 0 Å². The summed E-state index contributed by atoms with van der Waals surface area (Å²) in [6.45, 7) is 6.59. The molecule has 0 aromatic heterocycles. The third-order valence-corrected chi connectivity index (χ3v) is 4.64. The molecule has 1 saturated heterocycles. The number of amides is 2. The van der Waals surface area contributed by atoms with E-state index < -0.39 is 11.0 Å². The van der Waals surface area contributed by atoms with Crippen LogP contribution in [0.2, 0.25) is 0 Å². The number of fused-ring (bicyclic) bond motifs is 2. The third-order valence-electron chi connectivity index (χ3n) is 4.64. The Morgan fingerprint density at radius 3 is 2.65 bits per heavy atom. The number of piperidine rings is 1. The van der Waals surface area contributed by atoms with E-state index in [0.717, 1.165) is 24.1 Å². The Hall–Kier alpha value is -2.04. The zero-order valence-electron chi connectivity index (χ0n) is 14.3. The SMILES string of the molecule is CN1C(=O)C2(CCCN(C(=O)OC(C)(C)C)C2)c2ccccc21. The molecule has 1 aromatic carbocycles. The van der Waals surface area contributed by atoms with Gasteiger partial charge in [0, 0.05) is 25.8 Å². The van der Waals surface area contributed by atoms with Crippen LogP contribution < -0.4 is 4.90 Å². The number of hydrogen-bond acceptors (Lipinski definition) is 3. The molecule has 1 atom stereocenters. The van der Waals surface area contributed by atoms with Crippen LogP contribution in [-0.4, -0.2) is 42.6 Å². The summed E-state index contributed by atoms with van der Waals surface area (Å²) < 4.78 is 5.49. The lowest BCUT2D eigenvalue weighted by molar-refractivity contribution is -0.124. The third kappa shape index (κ3) is 2.58. The van der Waals surface area contributed by atoms with Gasteiger partial charge in [0.2, 0.25) is 5.91 Å². The number of likely N-dealkylation sites (tertiary alicyclic amines) is 1. The number of carbonyl (C=O) groups excluding carboxylic acids is 2. The zero-order valence-corrected chi connectivity index (χ0v) is 14.3. The molecule has 0 N–H and O–H groups in total. The van der Waals surface area contributed by atoms with E-state index in [1.807, 2.05) is 52.1 Å². The number of para-hydroxylation sites is 1. The van der Waals surface area contributed by atoms with Gasteiger partial charge < -0.3 is 14.5 Å². The molecular weight excluding hydrogens is 292 g/mol. The predicted molar refractivity (Wildman–Crippen MR) is 88.6 cm³/mol. The van der Waals surface area contributed by atoms with Gasteiger partial charge in [-0.1, -0.05) is 18.2 Å². The number of benzene rings is 1. The number of anilines is 1. The highest BCUT2D eigenvalue weighted by atomic mass is 16.6. The van der Waals surface area contributed by atoms with Crippen LogP contribution in [0, 0.1) is 0 Å². The topological polar surface area (TPSA) is 49.9 Å². The number of carbonyl (C=O) groups is 2. The lowest BCUT2D eigenvalue weighted by Gasteiger charge is -2.39. The highest BCUT2D eigenvalue weighted by Crippen LogP contribution is 2.46. The van der Waals surface area contributed by atoms with E-state index >= 15 is 0 Å². The fourth-order valence-electron chi connectivity index (χ4n) is 3.65. The number of hydrogen-bond donors (Lipinski definition) is 0. The lowest BCUT2D eigenvalue weighted by atomic mass is 9.75. The maximum atomic E-state index is 12.9. The lowest BCUT2D eigenvalue weighted by Crippen LogP contribution is -2.53. The molecule has 1 spiro atoms. The molecule has 1 fully saturated rings. The second-order valence-electron chi connectivity index (χ2n) is 7.47. The molecule has 2 amide bonds. The fraction of sp³-hybridized carbons (Fsp3) is 0.556. The van der Waals surface area contributed by atoms with Gasteiger partial charge in [0.05, 0.1) is 5.41 Å². The summed E-state index contributed by atoms with van der Waals surface area (Å²) in [5.74, 6) is 0.0759. The van der Waals surface area contributed by atoms with Crippen molar-refractivity contribution in [3.63, 3.8) is 0 Å². The average Bonchev–Trinajstić information content (AvgIpc) is 2.69. The molecule has 1 unspecified atom stereocenters. The highest BCUT2D eigenvalue weighted by Gasteiger charge is 2.52. The molecule has 23 heavy (non-hydrogen) atoms. The number of nitrogens with zero attached hydrogens (tertiary/aromatic N) is 2. The molecule has 2 aliphatic heterocycles. The van der Waals surface area contributed by atoms with E-state index in [1.54, 1.807) is 9.80 Å². The van der Waals surface area contributed by atoms with Gasteiger partial charge in [-0.3, -0.25) is 4.79 Å². The first kappa shape index (κ1) is 15.8. The Kier molecular flexibility index (Phi) is 3.62. The average molecular weight is 316 g/mol. The van der Waals surface area contributed by atoms with E-state index in [4.69, 9.17) is 4.74 Å². The van der Waals surface area contributed by atoms with Gasteiger partial charge >= 0.3 is 6.09 Å². The first-order valence-corrected chi connectivity index (χ1v) is 8.10. The van der Waals surface area contributed by atoms with Gasteiger partial charge in [0.15, 0.2) is 0 Å². The molecule has 124 valence electrons. The summed E-state index contributed by atoms with van der Waals surface area (Å²) in [5, 5.41) is 0. The maximum absolute atomic E-state index is 12.9. The molecule has 5 nitrogen and oxygen atoms in total. The van der Waals surface area contributed by atoms with Gasteiger partial charge in [0.1, 0.15) is 5.60 Å². The Morgan fingerprint density at radius 1 is 1.26 bits per heavy atom. The smallest absolute Gasteiger partial charge is 0.410 e. The summed E-state index contributed by atoms with van der Waals surface area (Å²) in [6.07, 6.45) is 1.23. The Morgan fingerprint density at radius 2 is 1.96 bits per heavy atom. The van der Waals surface area contributed by atoms with Crippen LogP contribution in [-0.2, 0) is 14.9 Å². The van der Waals surface area contributed by atoms with E-state index in [1.165, 1.54) is 0 Å². The molecule has 3 rings (SSSR count). The van der Waals surface area contributed by atoms with Crippen molar-refractivity contribution >= 4 is 17.7 Å². The quantitative estimate of drug-likeness (QED) is 0.739. The second-order valence-corrected chi connectivity index (χ2v) is 7.47. The van der Waals surface area contributed by atoms with Crippen molar-refractivity contribution in [1.82, 2.24) is 4.90 Å². The van der Waals surface area contributed by atoms with Crippen molar-refractivity contribution in [2.45, 2.75) is 44.6 Å². The predicted octanol–water partition coefficient (Wildman–Crippen LogP) is 2.93. The molecule has 1 aromatic rings. The second kappa shape index (κ2) is 5.25. The van der Waals surface area contributed by atoms with E-state index in [9.17, 15) is 9.59 Å². The van der Waals surface area contributed by atoms with Crippen molar-refractivity contribution < 1.29 is 14.3 Å². The number of likely N-dealkylation sites (N-methyl/N-ethyl adjacent to an activating group) is 1. The van der Waals surface area contributed by atoms with Crippen LogP contribution in [0.5, 0.6) is 0 Å². The Bertz CT molecular complexity index is 650. The van der Waals surface area contributed by atoms with Crippen molar-refractivity contribution in [2.75, 3.05) is 25.0 Å². The van der Waals surface area contributed by atoms with Crippen LogP contribution in [0.25, 0.3) is 0 Å². The fourth-order valence-corrected chi connectivity index (χ4v) is 3.65. The van der Waals surface area contributed by atoms with Crippen LogP contribution in [0.1, 0.15) is 39.2 Å². The number of rotatable bonds is 0. The van der Waals surface area contributed by atoms with Crippen molar-refractivity contribution in [3.8, 4) is 0 Å². The molecular formula is C18H24N2O3. The van der Waals surface area contributed by atoms with Crippen molar-refractivity contribution in [1.29, 1.82) is 0 Å². The molecule has 2 heterocycles. The first-order valence-electron chi connectivity index (χ1n) is 8.10. The highest BCUT2D eigenvalue weighted by molar-refractivity contribution is 6.08. The molecule has 0 radical (unpaired) electrons. The summed E-state index contributed by atoms with van der Waals surface area (Å²) in [4.78, 5) is 28.8. The van der Waals surface area contributed by atoms with Crippen LogP contribution in [0.4, 0.5) is 10.5 Å². The minimum atomic E-state index is -0.625. The van der Waals surface area contributed by atoms with Gasteiger partial charge in [-0.25, -0.2) is 4.79 Å². The Balaban J connectivity index is 1.91. The minimum absolute atomic E-state index is 0.0759. The number of ether oxygens (including phenoxy) is 1. The first-order chi connectivity index (χ1) is 10.7. The van der Waals surface area contributed by atoms with Crippen LogP contribution >= 0.6 is 0 Å². The molecule has 0 aliphatic carbocycles. The largest absolute Gasteiger partial charge is 0.444 e. The summed E-state index contributed by atoms with van der Waals surface area (Å²) in [6, 6.07) is 7.87. The van der Waals surface area contributed by atoms with Gasteiger partial charge in [-0.05, 0) is 45.2 Å². The molecule has 0 bridgehead atoms. The summed E-state index contributed by atoms with van der Waals surface area (Å²) in [5.41, 5.74) is 0.820.